The molecular formula is C37H45N3O3. The van der Waals surface area contributed by atoms with Crippen LogP contribution in [0.3, 0.4) is 0 Å². The van der Waals surface area contributed by atoms with Crippen LogP contribution < -0.4 is 4.74 Å². The highest BCUT2D eigenvalue weighted by Gasteiger charge is 2.23. The molecule has 0 aliphatic rings. The van der Waals surface area contributed by atoms with Crippen molar-refractivity contribution >= 4 is 11.8 Å². The van der Waals surface area contributed by atoms with Gasteiger partial charge in [-0.1, -0.05) is 81.3 Å². The van der Waals surface area contributed by atoms with Gasteiger partial charge in [-0.3, -0.25) is 9.59 Å². The lowest BCUT2D eigenvalue weighted by Gasteiger charge is -2.28. The molecule has 2 amide bonds. The molecule has 0 bridgehead atoms. The number of hydrogen-bond donors (Lipinski definition) is 0. The third kappa shape index (κ3) is 9.34. The Labute approximate surface area is 256 Å². The fourth-order valence-corrected chi connectivity index (χ4v) is 5.19. The van der Waals surface area contributed by atoms with Gasteiger partial charge in [0, 0.05) is 37.1 Å². The predicted molar refractivity (Wildman–Crippen MR) is 173 cm³/mol. The first-order valence-electron chi connectivity index (χ1n) is 15.5. The molecule has 0 saturated heterocycles. The van der Waals surface area contributed by atoms with Gasteiger partial charge in [-0.25, -0.2) is 0 Å². The number of benzene rings is 3. The average molecular weight is 580 g/mol. The maximum absolute atomic E-state index is 14.0. The summed E-state index contributed by atoms with van der Waals surface area (Å²) < 4.78 is 7.58. The van der Waals surface area contributed by atoms with Crippen LogP contribution >= 0.6 is 0 Å². The summed E-state index contributed by atoms with van der Waals surface area (Å²) in [6.45, 7) is 6.44. The topological polar surface area (TPSA) is 54.8 Å². The summed E-state index contributed by atoms with van der Waals surface area (Å²) in [7, 11) is 1.67. The number of nitrogens with zero attached hydrogens (tertiary/aromatic N) is 3. The fourth-order valence-electron chi connectivity index (χ4n) is 5.19. The Morgan fingerprint density at radius 1 is 0.744 bits per heavy atom. The van der Waals surface area contributed by atoms with Crippen molar-refractivity contribution in [1.82, 2.24) is 14.4 Å². The number of hydrogen-bond acceptors (Lipinski definition) is 3. The lowest BCUT2D eigenvalue weighted by Crippen LogP contribution is -2.43. The smallest absolute Gasteiger partial charge is 0.254 e. The number of amides is 2. The minimum Gasteiger partial charge on any atom is -0.497 e. The summed E-state index contributed by atoms with van der Waals surface area (Å²) in [6, 6.07) is 30.0. The number of methoxy groups -OCH3 is 1. The molecule has 0 fully saturated rings. The van der Waals surface area contributed by atoms with Crippen LogP contribution in [0.4, 0.5) is 0 Å². The Morgan fingerprint density at radius 2 is 1.49 bits per heavy atom. The number of carbonyl (C=O) groups is 2. The first kappa shape index (κ1) is 31.6. The van der Waals surface area contributed by atoms with E-state index in [-0.39, 0.29) is 18.4 Å². The average Bonchev–Trinajstić information content (AvgIpc) is 3.48. The Hall–Kier alpha value is -4.32. The molecule has 226 valence electrons. The van der Waals surface area contributed by atoms with Crippen molar-refractivity contribution in [2.24, 2.45) is 0 Å². The molecule has 0 spiro atoms. The van der Waals surface area contributed by atoms with E-state index >= 15 is 0 Å². The molecule has 6 heteroatoms. The molecule has 6 nitrogen and oxygen atoms in total. The van der Waals surface area contributed by atoms with Crippen LogP contribution in [-0.4, -0.2) is 46.4 Å². The van der Waals surface area contributed by atoms with Gasteiger partial charge in [0.05, 0.1) is 13.7 Å². The van der Waals surface area contributed by atoms with Crippen molar-refractivity contribution in [3.05, 3.63) is 125 Å². The molecule has 43 heavy (non-hydrogen) atoms. The fraction of sp³-hybridized carbons (Fsp3) is 0.351. The Morgan fingerprint density at radius 3 is 2.21 bits per heavy atom. The van der Waals surface area contributed by atoms with E-state index < -0.39 is 0 Å². The summed E-state index contributed by atoms with van der Waals surface area (Å²) in [5.41, 5.74) is 5.07. The summed E-state index contributed by atoms with van der Waals surface area (Å²) in [6.07, 6.45) is 7.11. The van der Waals surface area contributed by atoms with Gasteiger partial charge in [0.1, 0.15) is 12.3 Å². The lowest BCUT2D eigenvalue weighted by molar-refractivity contribution is -0.133. The first-order valence-corrected chi connectivity index (χ1v) is 15.5. The monoisotopic (exact) mass is 579 g/mol. The molecule has 0 aliphatic carbocycles. The molecule has 4 rings (SSSR count). The van der Waals surface area contributed by atoms with E-state index in [0.29, 0.717) is 31.7 Å². The van der Waals surface area contributed by atoms with Crippen molar-refractivity contribution in [2.45, 2.75) is 65.6 Å². The predicted octanol–water partition coefficient (Wildman–Crippen LogP) is 7.36. The van der Waals surface area contributed by atoms with Gasteiger partial charge in [0.15, 0.2) is 0 Å². The molecule has 0 saturated carbocycles. The van der Waals surface area contributed by atoms with Gasteiger partial charge < -0.3 is 19.1 Å². The molecule has 0 atom stereocenters. The largest absolute Gasteiger partial charge is 0.497 e. The highest BCUT2D eigenvalue weighted by atomic mass is 16.5. The van der Waals surface area contributed by atoms with Gasteiger partial charge in [0.2, 0.25) is 5.91 Å². The Balaban J connectivity index is 1.54. The quantitative estimate of drug-likeness (QED) is 0.139. The highest BCUT2D eigenvalue weighted by Crippen LogP contribution is 2.18. The van der Waals surface area contributed by atoms with E-state index in [2.05, 4.69) is 30.5 Å². The summed E-state index contributed by atoms with van der Waals surface area (Å²) >= 11 is 0. The number of aryl methyl sites for hydroxylation is 1. The van der Waals surface area contributed by atoms with E-state index in [1.807, 2.05) is 90.0 Å². The highest BCUT2D eigenvalue weighted by molar-refractivity contribution is 5.96. The normalized spacial score (nSPS) is 10.9. The van der Waals surface area contributed by atoms with Crippen LogP contribution in [0.2, 0.25) is 0 Å². The standard InChI is InChI=1S/C37H45N3O3/c1-4-6-13-30-19-21-33(22-20-30)37(42)39(23-7-5-2)29-36(41)40(26-31-14-9-8-10-15-31)28-34-17-12-24-38(34)27-32-16-11-18-35(25-32)43-3/h8-12,14-22,24-25H,4-7,13,23,26-29H2,1-3H3. The van der Waals surface area contributed by atoms with Crippen molar-refractivity contribution in [2.75, 3.05) is 20.2 Å². The van der Waals surface area contributed by atoms with Gasteiger partial charge in [0.25, 0.3) is 5.91 Å². The summed E-state index contributed by atoms with van der Waals surface area (Å²) in [5, 5.41) is 0. The van der Waals surface area contributed by atoms with Crippen molar-refractivity contribution in [3.63, 3.8) is 0 Å². The molecule has 0 unspecified atom stereocenters. The third-order valence-corrected chi connectivity index (χ3v) is 7.75. The zero-order valence-corrected chi connectivity index (χ0v) is 25.9. The molecule has 0 N–H and O–H groups in total. The van der Waals surface area contributed by atoms with E-state index in [0.717, 1.165) is 54.7 Å². The molecular weight excluding hydrogens is 534 g/mol. The minimum atomic E-state index is -0.0927. The van der Waals surface area contributed by atoms with Crippen LogP contribution in [0, 0.1) is 0 Å². The molecule has 1 heterocycles. The van der Waals surface area contributed by atoms with Crippen LogP contribution in [0.15, 0.2) is 97.2 Å². The number of unbranched alkanes of at least 4 members (excludes halogenated alkanes) is 2. The zero-order valence-electron chi connectivity index (χ0n) is 25.9. The second-order valence-corrected chi connectivity index (χ2v) is 11.1. The second kappa shape index (κ2) is 16.4. The van der Waals surface area contributed by atoms with E-state index in [9.17, 15) is 9.59 Å². The SMILES string of the molecule is CCCCc1ccc(C(=O)N(CCCC)CC(=O)N(Cc2ccccc2)Cc2cccn2Cc2cccc(OC)c2)cc1. The number of carbonyl (C=O) groups excluding carboxylic acids is 2. The summed E-state index contributed by atoms with van der Waals surface area (Å²) in [5.74, 6) is 0.659. The second-order valence-electron chi connectivity index (χ2n) is 11.1. The third-order valence-electron chi connectivity index (χ3n) is 7.75. The van der Waals surface area contributed by atoms with Crippen LogP contribution in [0.25, 0.3) is 0 Å². The summed E-state index contributed by atoms with van der Waals surface area (Å²) in [4.78, 5) is 31.3. The maximum Gasteiger partial charge on any atom is 0.254 e. The zero-order chi connectivity index (χ0) is 30.4. The number of rotatable bonds is 16. The molecule has 0 aliphatic heterocycles. The number of aromatic nitrogens is 1. The van der Waals surface area contributed by atoms with Crippen molar-refractivity contribution < 1.29 is 14.3 Å². The van der Waals surface area contributed by atoms with Crippen LogP contribution in [-0.2, 0) is 30.8 Å². The first-order chi connectivity index (χ1) is 21.0. The Kier molecular flexibility index (Phi) is 12.0. The van der Waals surface area contributed by atoms with Gasteiger partial charge >= 0.3 is 0 Å². The number of ether oxygens (including phenoxy) is 1. The van der Waals surface area contributed by atoms with Crippen molar-refractivity contribution in [1.29, 1.82) is 0 Å². The van der Waals surface area contributed by atoms with Gasteiger partial charge in [-0.2, -0.15) is 0 Å². The Bertz CT molecular complexity index is 1430. The van der Waals surface area contributed by atoms with Gasteiger partial charge in [-0.05, 0) is 72.4 Å². The van der Waals surface area contributed by atoms with Crippen LogP contribution in [0.5, 0.6) is 5.75 Å². The van der Waals surface area contributed by atoms with Crippen LogP contribution in [0.1, 0.15) is 72.3 Å². The van der Waals surface area contributed by atoms with E-state index in [1.54, 1.807) is 12.0 Å². The van der Waals surface area contributed by atoms with E-state index in [1.165, 1.54) is 5.56 Å². The van der Waals surface area contributed by atoms with E-state index in [4.69, 9.17) is 4.74 Å². The van der Waals surface area contributed by atoms with Gasteiger partial charge in [-0.15, -0.1) is 0 Å². The molecule has 3 aromatic carbocycles. The molecule has 4 aromatic rings. The minimum absolute atomic E-state index is 0.0415. The maximum atomic E-state index is 14.0. The lowest BCUT2D eigenvalue weighted by atomic mass is 10.1. The molecule has 0 radical (unpaired) electrons. The molecule has 1 aromatic heterocycles. The van der Waals surface area contributed by atoms with Crippen molar-refractivity contribution in [3.8, 4) is 5.75 Å².